The minimum Gasteiger partial charge on any atom is -0.366 e. The van der Waals surface area contributed by atoms with Gasteiger partial charge in [0.05, 0.1) is 19.4 Å². The summed E-state index contributed by atoms with van der Waals surface area (Å²) in [6.07, 6.45) is -1.98. The SMILES string of the molecule is C[SiH](C)c1nnn2c1C(O)n1nnc([Si](C)(C)C)c1C2O. The number of hydrogen-bond acceptors (Lipinski definition) is 6. The largest absolute Gasteiger partial charge is 0.366 e. The second kappa shape index (κ2) is 4.56. The monoisotopic (exact) mass is 324 g/mol. The first-order valence-corrected chi connectivity index (χ1v) is 13.4. The average Bonchev–Trinajstić information content (AvgIpc) is 2.99. The van der Waals surface area contributed by atoms with Gasteiger partial charge in [-0.15, -0.1) is 10.2 Å². The number of nitrogens with zero attached hydrogens (tertiary/aromatic N) is 6. The van der Waals surface area contributed by atoms with Crippen LogP contribution in [0.25, 0.3) is 0 Å². The second-order valence-electron chi connectivity index (χ2n) is 6.72. The van der Waals surface area contributed by atoms with Crippen molar-refractivity contribution in [2.45, 2.75) is 45.2 Å². The lowest BCUT2D eigenvalue weighted by Crippen LogP contribution is -2.45. The molecule has 3 rings (SSSR count). The first-order chi connectivity index (χ1) is 9.73. The third kappa shape index (κ3) is 2.01. The Bertz CT molecular complexity index is 689. The first kappa shape index (κ1) is 14.6. The van der Waals surface area contributed by atoms with Crippen molar-refractivity contribution in [1.29, 1.82) is 0 Å². The lowest BCUT2D eigenvalue weighted by Gasteiger charge is -2.27. The van der Waals surface area contributed by atoms with Gasteiger partial charge in [0.2, 0.25) is 0 Å². The molecule has 2 aromatic rings. The molecule has 2 atom stereocenters. The molecule has 0 saturated carbocycles. The number of hydrogen-bond donors (Lipinski definition) is 2. The highest BCUT2D eigenvalue weighted by molar-refractivity contribution is 6.88. The Hall–Kier alpha value is -1.37. The van der Waals surface area contributed by atoms with Gasteiger partial charge in [-0.3, -0.25) is 0 Å². The first-order valence-electron chi connectivity index (χ1n) is 7.00. The molecule has 1 aliphatic rings. The van der Waals surface area contributed by atoms with Gasteiger partial charge in [-0.25, -0.2) is 9.36 Å². The van der Waals surface area contributed by atoms with E-state index in [2.05, 4.69) is 53.4 Å². The zero-order chi connectivity index (χ0) is 15.5. The molecule has 2 aromatic heterocycles. The summed E-state index contributed by atoms with van der Waals surface area (Å²) in [7, 11) is -3.06. The Morgan fingerprint density at radius 3 is 2.05 bits per heavy atom. The zero-order valence-electron chi connectivity index (χ0n) is 12.8. The molecule has 0 saturated heterocycles. The van der Waals surface area contributed by atoms with Crippen LogP contribution in [0.4, 0.5) is 0 Å². The van der Waals surface area contributed by atoms with Crippen LogP contribution in [-0.2, 0) is 0 Å². The van der Waals surface area contributed by atoms with E-state index < -0.39 is 29.3 Å². The molecule has 0 aromatic carbocycles. The van der Waals surface area contributed by atoms with Crippen LogP contribution in [-0.4, -0.2) is 57.1 Å². The van der Waals surface area contributed by atoms with Crippen molar-refractivity contribution in [3.05, 3.63) is 11.4 Å². The van der Waals surface area contributed by atoms with Crippen LogP contribution in [0.15, 0.2) is 0 Å². The van der Waals surface area contributed by atoms with E-state index in [4.69, 9.17) is 0 Å². The summed E-state index contributed by atoms with van der Waals surface area (Å²) in [6.45, 7) is 10.6. The predicted octanol–water partition coefficient (Wildman–Crippen LogP) is -1.50. The van der Waals surface area contributed by atoms with Crippen LogP contribution in [0.5, 0.6) is 0 Å². The normalized spacial score (nSPS) is 21.5. The van der Waals surface area contributed by atoms with E-state index >= 15 is 0 Å². The van der Waals surface area contributed by atoms with Crippen LogP contribution in [0.3, 0.4) is 0 Å². The Morgan fingerprint density at radius 1 is 0.952 bits per heavy atom. The zero-order valence-corrected chi connectivity index (χ0v) is 15.0. The van der Waals surface area contributed by atoms with Crippen LogP contribution in [0, 0.1) is 0 Å². The Balaban J connectivity index is 2.20. The molecule has 21 heavy (non-hydrogen) atoms. The Morgan fingerprint density at radius 2 is 1.48 bits per heavy atom. The second-order valence-corrected chi connectivity index (χ2v) is 14.6. The number of rotatable bonds is 2. The fourth-order valence-corrected chi connectivity index (χ4v) is 5.16. The minimum absolute atomic E-state index is 0.538. The van der Waals surface area contributed by atoms with Gasteiger partial charge < -0.3 is 10.2 Å². The van der Waals surface area contributed by atoms with Crippen molar-refractivity contribution in [2.24, 2.45) is 0 Å². The summed E-state index contributed by atoms with van der Waals surface area (Å²) in [5, 5.41) is 39.3. The minimum atomic E-state index is -1.79. The standard InChI is InChI=1S/C11H20N6O2Si2/c1-20(2)8-6-10(18)17-7(11(19)16(6)14-12-8)9(13-15-17)21(3,4)5/h10-11,18-20H,1-5H3. The maximum atomic E-state index is 10.6. The summed E-state index contributed by atoms with van der Waals surface area (Å²) in [5.74, 6) is 0. The number of aromatic nitrogens is 6. The lowest BCUT2D eigenvalue weighted by molar-refractivity contribution is 0.0425. The van der Waals surface area contributed by atoms with E-state index in [1.165, 1.54) is 9.36 Å². The molecule has 0 aliphatic carbocycles. The Labute approximate surface area is 125 Å². The van der Waals surface area contributed by atoms with Crippen molar-refractivity contribution in [3.8, 4) is 0 Å². The highest BCUT2D eigenvalue weighted by atomic mass is 28.3. The van der Waals surface area contributed by atoms with E-state index in [1.54, 1.807) is 0 Å². The molecule has 114 valence electrons. The van der Waals surface area contributed by atoms with Gasteiger partial charge in [0, 0.05) is 0 Å². The summed E-state index contributed by atoms with van der Waals surface area (Å²) in [6, 6.07) is 0. The highest BCUT2D eigenvalue weighted by Gasteiger charge is 2.40. The van der Waals surface area contributed by atoms with Gasteiger partial charge in [0.15, 0.2) is 12.5 Å². The van der Waals surface area contributed by atoms with E-state index in [0.717, 1.165) is 10.6 Å². The molecule has 3 heterocycles. The van der Waals surface area contributed by atoms with Crippen molar-refractivity contribution < 1.29 is 10.2 Å². The number of aliphatic hydroxyl groups excluding tert-OH is 2. The van der Waals surface area contributed by atoms with Crippen molar-refractivity contribution in [3.63, 3.8) is 0 Å². The molecule has 0 spiro atoms. The molecule has 10 heteroatoms. The van der Waals surface area contributed by atoms with Gasteiger partial charge in [-0.1, -0.05) is 43.2 Å². The van der Waals surface area contributed by atoms with Crippen molar-refractivity contribution in [1.82, 2.24) is 30.0 Å². The van der Waals surface area contributed by atoms with E-state index in [-0.39, 0.29) is 0 Å². The maximum absolute atomic E-state index is 10.6. The number of aliphatic hydroxyl groups is 2. The highest BCUT2D eigenvalue weighted by Crippen LogP contribution is 2.27. The average molecular weight is 324 g/mol. The van der Waals surface area contributed by atoms with E-state index in [0.29, 0.717) is 11.4 Å². The molecule has 1 aliphatic heterocycles. The molecule has 0 amide bonds. The van der Waals surface area contributed by atoms with Crippen molar-refractivity contribution >= 4 is 27.5 Å². The van der Waals surface area contributed by atoms with Crippen LogP contribution in [0.1, 0.15) is 23.8 Å². The van der Waals surface area contributed by atoms with Crippen LogP contribution >= 0.6 is 0 Å². The van der Waals surface area contributed by atoms with Crippen LogP contribution in [0.2, 0.25) is 32.7 Å². The molecule has 0 fully saturated rings. The maximum Gasteiger partial charge on any atom is 0.193 e. The van der Waals surface area contributed by atoms with E-state index in [1.807, 2.05) is 0 Å². The molecular formula is C11H20N6O2Si2. The quantitative estimate of drug-likeness (QED) is 0.652. The predicted molar refractivity (Wildman–Crippen MR) is 82.3 cm³/mol. The third-order valence-electron chi connectivity index (χ3n) is 3.70. The lowest BCUT2D eigenvalue weighted by atomic mass is 10.3. The van der Waals surface area contributed by atoms with E-state index in [9.17, 15) is 10.2 Å². The topological polar surface area (TPSA) is 102 Å². The smallest absolute Gasteiger partial charge is 0.193 e. The van der Waals surface area contributed by atoms with Crippen molar-refractivity contribution in [2.75, 3.05) is 0 Å². The van der Waals surface area contributed by atoms with Crippen LogP contribution < -0.4 is 10.6 Å². The number of fused-ring (bicyclic) bond motifs is 2. The van der Waals surface area contributed by atoms with Gasteiger partial charge in [-0.2, -0.15) is 0 Å². The molecule has 0 radical (unpaired) electrons. The summed E-state index contributed by atoms with van der Waals surface area (Å²) in [4.78, 5) is 0. The molecule has 2 unspecified atom stereocenters. The van der Waals surface area contributed by atoms with Gasteiger partial charge in [0.25, 0.3) is 0 Å². The fraction of sp³-hybridized carbons (Fsp3) is 0.636. The summed E-state index contributed by atoms with van der Waals surface area (Å²) in [5.41, 5.74) is 1.08. The summed E-state index contributed by atoms with van der Waals surface area (Å²) < 4.78 is 2.83. The summed E-state index contributed by atoms with van der Waals surface area (Å²) >= 11 is 0. The third-order valence-corrected chi connectivity index (χ3v) is 6.98. The van der Waals surface area contributed by atoms with Gasteiger partial charge >= 0.3 is 0 Å². The molecule has 2 N–H and O–H groups in total. The van der Waals surface area contributed by atoms with Gasteiger partial charge in [0.1, 0.15) is 19.5 Å². The van der Waals surface area contributed by atoms with Gasteiger partial charge in [-0.05, 0) is 0 Å². The fourth-order valence-electron chi connectivity index (χ4n) is 2.64. The molecule has 0 bridgehead atoms. The Kier molecular flexibility index (Phi) is 3.17. The molecular weight excluding hydrogens is 304 g/mol. The molecule has 8 nitrogen and oxygen atoms in total.